The monoisotopic (exact) mass is 264 g/mol. The molecular weight excluding hydrogens is 240 g/mol. The van der Waals surface area contributed by atoms with E-state index in [2.05, 4.69) is 0 Å². The Kier molecular flexibility index (Phi) is 4.83. The lowest BCUT2D eigenvalue weighted by Crippen LogP contribution is -2.39. The number of benzene rings is 1. The first-order valence-corrected chi connectivity index (χ1v) is 7.09. The minimum absolute atomic E-state index is 0.0470. The average molecular weight is 264 g/mol. The van der Waals surface area contributed by atoms with Crippen molar-refractivity contribution in [2.24, 2.45) is 11.3 Å². The van der Waals surface area contributed by atoms with Crippen LogP contribution in [0.2, 0.25) is 0 Å². The average Bonchev–Trinajstić information content (AvgIpc) is 3.00. The number of hydrogen-bond acceptors (Lipinski definition) is 3. The summed E-state index contributed by atoms with van der Waals surface area (Å²) in [7, 11) is 1.65. The lowest BCUT2D eigenvalue weighted by molar-refractivity contribution is 0.00567. The Hall–Kier alpha value is -1.06. The molecule has 0 radical (unpaired) electrons. The third-order valence-corrected chi connectivity index (χ3v) is 4.54. The molecule has 19 heavy (non-hydrogen) atoms. The number of hydrogen-bond donors (Lipinski definition) is 2. The summed E-state index contributed by atoms with van der Waals surface area (Å²) in [5.74, 6) is 1.25. The maximum absolute atomic E-state index is 9.83. The molecule has 0 spiro atoms. The fourth-order valence-corrected chi connectivity index (χ4v) is 3.29. The number of aliphatic hydroxyl groups excluding tert-OH is 2. The topological polar surface area (TPSA) is 49.7 Å². The molecule has 106 valence electrons. The quantitative estimate of drug-likeness (QED) is 0.829. The molecule has 0 unspecified atom stereocenters. The molecule has 2 rings (SSSR count). The maximum atomic E-state index is 9.83. The lowest BCUT2D eigenvalue weighted by Gasteiger charge is -2.36. The highest BCUT2D eigenvalue weighted by Crippen LogP contribution is 2.42. The SMILES string of the molecule is COc1cccc(CC(CO)(CO)C2CCCC2)c1. The van der Waals surface area contributed by atoms with E-state index in [-0.39, 0.29) is 18.6 Å². The Morgan fingerprint density at radius 2 is 1.89 bits per heavy atom. The fourth-order valence-electron chi connectivity index (χ4n) is 3.29. The Morgan fingerprint density at radius 1 is 1.21 bits per heavy atom. The molecule has 1 aromatic rings. The molecule has 0 heterocycles. The van der Waals surface area contributed by atoms with E-state index in [9.17, 15) is 10.2 Å². The van der Waals surface area contributed by atoms with Crippen molar-refractivity contribution in [2.45, 2.75) is 32.1 Å². The van der Waals surface area contributed by atoms with Crippen LogP contribution in [-0.4, -0.2) is 30.5 Å². The first kappa shape index (κ1) is 14.4. The summed E-state index contributed by atoms with van der Waals surface area (Å²) in [6.45, 7) is 0.0940. The van der Waals surface area contributed by atoms with Crippen LogP contribution in [0.3, 0.4) is 0 Å². The largest absolute Gasteiger partial charge is 0.497 e. The molecule has 0 bridgehead atoms. The summed E-state index contributed by atoms with van der Waals surface area (Å²) in [6, 6.07) is 7.91. The molecule has 3 nitrogen and oxygen atoms in total. The van der Waals surface area contributed by atoms with Crippen molar-refractivity contribution < 1.29 is 14.9 Å². The van der Waals surface area contributed by atoms with E-state index < -0.39 is 0 Å². The maximum Gasteiger partial charge on any atom is 0.119 e. The zero-order chi connectivity index (χ0) is 13.7. The summed E-state index contributed by atoms with van der Waals surface area (Å²) in [5.41, 5.74) is 0.734. The van der Waals surface area contributed by atoms with Crippen LogP contribution < -0.4 is 4.74 Å². The normalized spacial score (nSPS) is 16.8. The predicted molar refractivity (Wildman–Crippen MR) is 75.3 cm³/mol. The standard InChI is InChI=1S/C16H24O3/c1-19-15-8-4-5-13(9-15)10-16(11-17,12-18)14-6-2-3-7-14/h4-5,8-9,14,17-18H,2-3,6-7,10-12H2,1H3. The van der Waals surface area contributed by atoms with Crippen LogP contribution in [0.15, 0.2) is 24.3 Å². The Morgan fingerprint density at radius 3 is 2.47 bits per heavy atom. The summed E-state index contributed by atoms with van der Waals surface area (Å²) >= 11 is 0. The fraction of sp³-hybridized carbons (Fsp3) is 0.625. The molecule has 3 heteroatoms. The van der Waals surface area contributed by atoms with Gasteiger partial charge in [0, 0.05) is 5.41 Å². The van der Waals surface area contributed by atoms with Crippen LogP contribution in [0.25, 0.3) is 0 Å². The number of rotatable bonds is 6. The Bertz CT molecular complexity index is 393. The van der Waals surface area contributed by atoms with Crippen LogP contribution >= 0.6 is 0 Å². The molecule has 1 aliphatic carbocycles. The van der Waals surface area contributed by atoms with Gasteiger partial charge in [0.1, 0.15) is 5.75 Å². The zero-order valence-electron chi connectivity index (χ0n) is 11.6. The van der Waals surface area contributed by atoms with Gasteiger partial charge in [0.05, 0.1) is 20.3 Å². The van der Waals surface area contributed by atoms with E-state index in [1.165, 1.54) is 12.8 Å². The summed E-state index contributed by atoms with van der Waals surface area (Å²) < 4.78 is 5.24. The van der Waals surface area contributed by atoms with Gasteiger partial charge in [0.2, 0.25) is 0 Å². The van der Waals surface area contributed by atoms with Gasteiger partial charge in [-0.15, -0.1) is 0 Å². The molecule has 0 amide bonds. The molecular formula is C16H24O3. The number of aliphatic hydroxyl groups is 2. The first-order valence-electron chi connectivity index (χ1n) is 7.09. The van der Waals surface area contributed by atoms with Crippen LogP contribution in [-0.2, 0) is 6.42 Å². The molecule has 0 aliphatic heterocycles. The van der Waals surface area contributed by atoms with E-state index in [0.717, 1.165) is 24.2 Å². The molecule has 1 aliphatic rings. The summed E-state index contributed by atoms with van der Waals surface area (Å²) in [4.78, 5) is 0. The minimum Gasteiger partial charge on any atom is -0.497 e. The summed E-state index contributed by atoms with van der Waals surface area (Å²) in [5, 5.41) is 19.7. The molecule has 0 saturated heterocycles. The number of methoxy groups -OCH3 is 1. The van der Waals surface area contributed by atoms with Crippen molar-refractivity contribution in [2.75, 3.05) is 20.3 Å². The van der Waals surface area contributed by atoms with E-state index in [1.807, 2.05) is 24.3 Å². The van der Waals surface area contributed by atoms with Crippen molar-refractivity contribution in [3.8, 4) is 5.75 Å². The lowest BCUT2D eigenvalue weighted by atomic mass is 9.71. The van der Waals surface area contributed by atoms with E-state index >= 15 is 0 Å². The van der Waals surface area contributed by atoms with E-state index in [4.69, 9.17) is 4.74 Å². The van der Waals surface area contributed by atoms with Crippen LogP contribution in [0.1, 0.15) is 31.2 Å². The molecule has 1 fully saturated rings. The zero-order valence-corrected chi connectivity index (χ0v) is 11.6. The second kappa shape index (κ2) is 6.40. The molecule has 1 aromatic carbocycles. The molecule has 2 N–H and O–H groups in total. The van der Waals surface area contributed by atoms with Crippen LogP contribution in [0, 0.1) is 11.3 Å². The van der Waals surface area contributed by atoms with Gasteiger partial charge in [-0.05, 0) is 42.9 Å². The molecule has 0 aromatic heterocycles. The van der Waals surface area contributed by atoms with Crippen LogP contribution in [0.4, 0.5) is 0 Å². The smallest absolute Gasteiger partial charge is 0.119 e. The summed E-state index contributed by atoms with van der Waals surface area (Å²) in [6.07, 6.45) is 5.37. The van der Waals surface area contributed by atoms with Gasteiger partial charge in [-0.1, -0.05) is 25.0 Å². The third kappa shape index (κ3) is 3.10. The first-order chi connectivity index (χ1) is 9.24. The highest BCUT2D eigenvalue weighted by molar-refractivity contribution is 5.29. The van der Waals surface area contributed by atoms with E-state index in [1.54, 1.807) is 7.11 Å². The molecule has 1 saturated carbocycles. The van der Waals surface area contributed by atoms with Crippen molar-refractivity contribution in [1.82, 2.24) is 0 Å². The minimum atomic E-state index is -0.386. The van der Waals surface area contributed by atoms with Crippen molar-refractivity contribution >= 4 is 0 Å². The van der Waals surface area contributed by atoms with Gasteiger partial charge in [-0.3, -0.25) is 0 Å². The van der Waals surface area contributed by atoms with Gasteiger partial charge in [0.25, 0.3) is 0 Å². The number of ether oxygens (including phenoxy) is 1. The van der Waals surface area contributed by atoms with Gasteiger partial charge in [0.15, 0.2) is 0 Å². The second-order valence-electron chi connectivity index (χ2n) is 5.69. The van der Waals surface area contributed by atoms with E-state index in [0.29, 0.717) is 12.3 Å². The highest BCUT2D eigenvalue weighted by Gasteiger charge is 2.39. The van der Waals surface area contributed by atoms with Crippen molar-refractivity contribution in [3.63, 3.8) is 0 Å². The molecule has 0 atom stereocenters. The Balaban J connectivity index is 2.19. The van der Waals surface area contributed by atoms with Gasteiger partial charge in [-0.2, -0.15) is 0 Å². The third-order valence-electron chi connectivity index (χ3n) is 4.54. The van der Waals surface area contributed by atoms with Gasteiger partial charge >= 0.3 is 0 Å². The highest BCUT2D eigenvalue weighted by atomic mass is 16.5. The van der Waals surface area contributed by atoms with Gasteiger partial charge < -0.3 is 14.9 Å². The van der Waals surface area contributed by atoms with Crippen molar-refractivity contribution in [1.29, 1.82) is 0 Å². The van der Waals surface area contributed by atoms with Crippen LogP contribution in [0.5, 0.6) is 5.75 Å². The van der Waals surface area contributed by atoms with Crippen molar-refractivity contribution in [3.05, 3.63) is 29.8 Å². The predicted octanol–water partition coefficient (Wildman–Crippen LogP) is 2.40. The second-order valence-corrected chi connectivity index (χ2v) is 5.69. The van der Waals surface area contributed by atoms with Gasteiger partial charge in [-0.25, -0.2) is 0 Å². The Labute approximate surface area is 115 Å².